The number of halogens is 2. The van der Waals surface area contributed by atoms with Crippen molar-refractivity contribution in [3.8, 4) is 11.4 Å². The fourth-order valence-electron chi connectivity index (χ4n) is 3.57. The molecular formula is C21H22F2N4O2S. The predicted octanol–water partition coefficient (Wildman–Crippen LogP) is 4.37. The van der Waals surface area contributed by atoms with Crippen molar-refractivity contribution >= 4 is 15.7 Å². The Morgan fingerprint density at radius 3 is 2.53 bits per heavy atom. The molecule has 30 heavy (non-hydrogen) atoms. The lowest BCUT2D eigenvalue weighted by Gasteiger charge is -2.13. The number of sulfonamides is 1. The van der Waals surface area contributed by atoms with E-state index in [-0.39, 0.29) is 22.0 Å². The van der Waals surface area contributed by atoms with Gasteiger partial charge in [-0.3, -0.25) is 4.72 Å². The quantitative estimate of drug-likeness (QED) is 0.664. The molecule has 0 saturated heterocycles. The summed E-state index contributed by atoms with van der Waals surface area (Å²) in [6.07, 6.45) is 3.66. The fourth-order valence-corrected chi connectivity index (χ4v) is 4.71. The summed E-state index contributed by atoms with van der Waals surface area (Å²) >= 11 is 0. The Hall–Kier alpha value is -2.81. The summed E-state index contributed by atoms with van der Waals surface area (Å²) in [5, 5.41) is 8.23. The van der Waals surface area contributed by atoms with Gasteiger partial charge >= 0.3 is 0 Å². The van der Waals surface area contributed by atoms with Crippen LogP contribution in [0.1, 0.15) is 36.2 Å². The number of hydrogen-bond acceptors (Lipinski definition) is 4. The number of benzene rings is 2. The Morgan fingerprint density at radius 2 is 1.77 bits per heavy atom. The fraction of sp³-hybridized carbons (Fsp3) is 0.333. The Kier molecular flexibility index (Phi) is 5.31. The Balaban J connectivity index is 1.74. The number of rotatable bonds is 4. The van der Waals surface area contributed by atoms with Crippen LogP contribution in [0.2, 0.25) is 0 Å². The van der Waals surface area contributed by atoms with Crippen molar-refractivity contribution in [3.63, 3.8) is 0 Å². The third-order valence-corrected chi connectivity index (χ3v) is 6.80. The highest BCUT2D eigenvalue weighted by Gasteiger charge is 2.23. The maximum Gasteiger partial charge on any atom is 0.261 e. The Bertz CT molecular complexity index is 1220. The minimum absolute atomic E-state index is 0.00668. The van der Waals surface area contributed by atoms with Crippen LogP contribution >= 0.6 is 0 Å². The van der Waals surface area contributed by atoms with Crippen LogP contribution in [-0.2, 0) is 23.0 Å². The number of aromatic nitrogens is 3. The normalized spacial score (nSPS) is 14.3. The number of hydrogen-bond donors (Lipinski definition) is 1. The highest BCUT2D eigenvalue weighted by molar-refractivity contribution is 7.92. The molecule has 0 bridgehead atoms. The molecule has 2 aromatic carbocycles. The largest absolute Gasteiger partial charge is 0.311 e. The third kappa shape index (κ3) is 3.81. The molecule has 0 unspecified atom stereocenters. The highest BCUT2D eigenvalue weighted by Crippen LogP contribution is 2.30. The molecule has 9 heteroatoms. The average molecular weight is 432 g/mol. The number of aryl methyl sites for hydroxylation is 3. The SMILES string of the molecule is Cc1ccc(S(=O)(=O)Nc2cc(-c3nnc4n3CCCCC4)c(F)cc2F)cc1C. The van der Waals surface area contributed by atoms with Gasteiger partial charge in [0, 0.05) is 19.0 Å². The second kappa shape index (κ2) is 7.79. The highest BCUT2D eigenvalue weighted by atomic mass is 32.2. The molecule has 6 nitrogen and oxygen atoms in total. The number of nitrogens with one attached hydrogen (secondary N) is 1. The van der Waals surface area contributed by atoms with E-state index >= 15 is 0 Å². The van der Waals surface area contributed by atoms with E-state index in [9.17, 15) is 17.2 Å². The summed E-state index contributed by atoms with van der Waals surface area (Å²) in [4.78, 5) is 0.00668. The van der Waals surface area contributed by atoms with Crippen molar-refractivity contribution in [3.05, 3.63) is 58.9 Å². The summed E-state index contributed by atoms with van der Waals surface area (Å²) in [7, 11) is -4.05. The molecule has 0 saturated carbocycles. The van der Waals surface area contributed by atoms with E-state index < -0.39 is 21.7 Å². The van der Waals surface area contributed by atoms with Crippen LogP contribution in [0.5, 0.6) is 0 Å². The van der Waals surface area contributed by atoms with Crippen molar-refractivity contribution in [2.24, 2.45) is 0 Å². The van der Waals surface area contributed by atoms with Gasteiger partial charge in [-0.05, 0) is 56.0 Å². The zero-order valence-corrected chi connectivity index (χ0v) is 17.6. The van der Waals surface area contributed by atoms with Crippen LogP contribution in [0.4, 0.5) is 14.5 Å². The van der Waals surface area contributed by atoms with Crippen molar-refractivity contribution in [1.82, 2.24) is 14.8 Å². The minimum atomic E-state index is -4.05. The molecule has 0 atom stereocenters. The first kappa shape index (κ1) is 20.5. The van der Waals surface area contributed by atoms with Crippen LogP contribution in [0.3, 0.4) is 0 Å². The van der Waals surface area contributed by atoms with Gasteiger partial charge in [0.15, 0.2) is 5.82 Å². The zero-order chi connectivity index (χ0) is 21.5. The molecule has 1 N–H and O–H groups in total. The Labute approximate surface area is 174 Å². The molecule has 1 aliphatic rings. The summed E-state index contributed by atoms with van der Waals surface area (Å²) in [6, 6.07) is 6.46. The first-order valence-electron chi connectivity index (χ1n) is 9.78. The topological polar surface area (TPSA) is 76.9 Å². The molecular weight excluding hydrogens is 410 g/mol. The van der Waals surface area contributed by atoms with Crippen LogP contribution in [-0.4, -0.2) is 23.2 Å². The third-order valence-electron chi connectivity index (χ3n) is 5.44. The van der Waals surface area contributed by atoms with Gasteiger partial charge in [-0.15, -0.1) is 10.2 Å². The summed E-state index contributed by atoms with van der Waals surface area (Å²) in [5.74, 6) is -0.792. The summed E-state index contributed by atoms with van der Waals surface area (Å²) in [6.45, 7) is 4.30. The van der Waals surface area contributed by atoms with Crippen LogP contribution in [0.15, 0.2) is 35.2 Å². The number of nitrogens with zero attached hydrogens (tertiary/aromatic N) is 3. The number of anilines is 1. The predicted molar refractivity (Wildman–Crippen MR) is 110 cm³/mol. The van der Waals surface area contributed by atoms with Crippen LogP contribution in [0, 0.1) is 25.5 Å². The van der Waals surface area contributed by atoms with Crippen LogP contribution in [0.25, 0.3) is 11.4 Å². The van der Waals surface area contributed by atoms with Crippen LogP contribution < -0.4 is 4.72 Å². The maximum absolute atomic E-state index is 14.6. The Morgan fingerprint density at radius 1 is 0.967 bits per heavy atom. The molecule has 1 aliphatic heterocycles. The van der Waals surface area contributed by atoms with Crippen molar-refractivity contribution in [2.75, 3.05) is 4.72 Å². The van der Waals surface area contributed by atoms with Gasteiger partial charge in [-0.1, -0.05) is 12.5 Å². The van der Waals surface area contributed by atoms with Gasteiger partial charge in [0.25, 0.3) is 10.0 Å². The summed E-state index contributed by atoms with van der Waals surface area (Å²) < 4.78 is 58.7. The molecule has 0 spiro atoms. The van der Waals surface area contributed by atoms with Gasteiger partial charge in [-0.25, -0.2) is 17.2 Å². The van der Waals surface area contributed by atoms with E-state index in [4.69, 9.17) is 0 Å². The molecule has 4 rings (SSSR count). The standard InChI is InChI=1S/C21H22F2N4O2S/c1-13-7-8-15(10-14(13)2)30(28,29)26-19-11-16(17(22)12-18(19)23)21-25-24-20-6-4-3-5-9-27(20)21/h7-8,10-12,26H,3-6,9H2,1-2H3. The molecule has 1 aromatic heterocycles. The van der Waals surface area contributed by atoms with E-state index in [0.717, 1.165) is 48.7 Å². The van der Waals surface area contributed by atoms with Crippen molar-refractivity contribution in [1.29, 1.82) is 0 Å². The lowest BCUT2D eigenvalue weighted by molar-refractivity contribution is 0.581. The van der Waals surface area contributed by atoms with Crippen molar-refractivity contribution in [2.45, 2.75) is 51.0 Å². The van der Waals surface area contributed by atoms with Crippen molar-refractivity contribution < 1.29 is 17.2 Å². The lowest BCUT2D eigenvalue weighted by Crippen LogP contribution is -2.15. The molecule has 0 radical (unpaired) electrons. The molecule has 0 aliphatic carbocycles. The second-order valence-corrected chi connectivity index (χ2v) is 9.25. The smallest absolute Gasteiger partial charge is 0.261 e. The summed E-state index contributed by atoms with van der Waals surface area (Å²) in [5.41, 5.74) is 1.41. The minimum Gasteiger partial charge on any atom is -0.311 e. The van der Waals surface area contributed by atoms with Gasteiger partial charge in [0.05, 0.1) is 16.1 Å². The first-order chi connectivity index (χ1) is 14.3. The van der Waals surface area contributed by atoms with E-state index in [1.165, 1.54) is 12.1 Å². The van der Waals surface area contributed by atoms with E-state index in [0.29, 0.717) is 12.6 Å². The van der Waals surface area contributed by atoms with E-state index in [2.05, 4.69) is 14.9 Å². The molecule has 3 aromatic rings. The van der Waals surface area contributed by atoms with Gasteiger partial charge in [0.2, 0.25) is 0 Å². The van der Waals surface area contributed by atoms with Gasteiger partial charge in [0.1, 0.15) is 17.5 Å². The molecule has 2 heterocycles. The first-order valence-corrected chi connectivity index (χ1v) is 11.3. The zero-order valence-electron chi connectivity index (χ0n) is 16.7. The second-order valence-electron chi connectivity index (χ2n) is 7.57. The lowest BCUT2D eigenvalue weighted by atomic mass is 10.1. The molecule has 0 amide bonds. The molecule has 158 valence electrons. The molecule has 0 fully saturated rings. The van der Waals surface area contributed by atoms with Gasteiger partial charge in [-0.2, -0.15) is 0 Å². The maximum atomic E-state index is 14.6. The average Bonchev–Trinajstić information content (AvgIpc) is 2.93. The van der Waals surface area contributed by atoms with E-state index in [1.54, 1.807) is 13.0 Å². The van der Waals surface area contributed by atoms with E-state index in [1.807, 2.05) is 11.5 Å². The van der Waals surface area contributed by atoms with Gasteiger partial charge < -0.3 is 4.57 Å². The number of fused-ring (bicyclic) bond motifs is 1. The monoisotopic (exact) mass is 432 g/mol.